The number of fused-ring (bicyclic) bond motifs is 1. The van der Waals surface area contributed by atoms with E-state index in [9.17, 15) is 17.2 Å². The third kappa shape index (κ3) is 5.09. The fourth-order valence-corrected chi connectivity index (χ4v) is 5.72. The van der Waals surface area contributed by atoms with E-state index >= 15 is 0 Å². The van der Waals surface area contributed by atoms with Crippen molar-refractivity contribution in [1.29, 1.82) is 0 Å². The number of anilines is 2. The number of alkyl halides is 2. The average molecular weight is 553 g/mol. The topological polar surface area (TPSA) is 119 Å². The Morgan fingerprint density at radius 2 is 1.84 bits per heavy atom. The molecule has 2 aliphatic heterocycles. The maximum absolute atomic E-state index is 14.3. The lowest BCUT2D eigenvalue weighted by molar-refractivity contribution is 0.122. The second kappa shape index (κ2) is 10.5. The number of hydrogen-bond donors (Lipinski definition) is 0. The van der Waals surface area contributed by atoms with E-state index in [4.69, 9.17) is 9.47 Å². The number of methoxy groups -OCH3 is 1. The van der Waals surface area contributed by atoms with E-state index < -0.39 is 22.3 Å². The number of para-hydroxylation sites is 1. The number of imidazole rings is 1. The lowest BCUT2D eigenvalue weighted by atomic mass is 10.1. The van der Waals surface area contributed by atoms with Crippen LogP contribution in [0.5, 0.6) is 5.75 Å². The highest BCUT2D eigenvalue weighted by Crippen LogP contribution is 2.32. The zero-order valence-corrected chi connectivity index (χ0v) is 22.2. The van der Waals surface area contributed by atoms with Crippen LogP contribution in [0.2, 0.25) is 0 Å². The van der Waals surface area contributed by atoms with E-state index in [1.165, 1.54) is 22.2 Å². The molecule has 3 aromatic rings. The number of nitrogens with zero attached hydrogens (tertiary/aromatic N) is 8. The Bertz CT molecular complexity index is 1410. The number of rotatable bonds is 7. The number of morpholine rings is 1. The van der Waals surface area contributed by atoms with Crippen LogP contribution in [0, 0.1) is 0 Å². The maximum Gasteiger partial charge on any atom is 0.296 e. The number of hydrogen-bond acceptors (Lipinski definition) is 10. The largest absolute Gasteiger partial charge is 0.494 e. The van der Waals surface area contributed by atoms with Gasteiger partial charge in [-0.05, 0) is 25.0 Å². The molecule has 15 heteroatoms. The van der Waals surface area contributed by atoms with Gasteiger partial charge in [0.2, 0.25) is 27.9 Å². The van der Waals surface area contributed by atoms with E-state index in [0.717, 1.165) is 6.42 Å². The van der Waals surface area contributed by atoms with Gasteiger partial charge in [0.25, 0.3) is 6.43 Å². The zero-order chi connectivity index (χ0) is 27.0. The molecule has 5 rings (SSSR count). The van der Waals surface area contributed by atoms with Crippen molar-refractivity contribution < 1.29 is 26.7 Å². The lowest BCUT2D eigenvalue weighted by Crippen LogP contribution is -2.49. The number of benzene rings is 1. The van der Waals surface area contributed by atoms with Crippen molar-refractivity contribution in [2.24, 2.45) is 0 Å². The van der Waals surface area contributed by atoms with Gasteiger partial charge in [0.15, 0.2) is 5.82 Å². The van der Waals surface area contributed by atoms with Crippen LogP contribution in [0.1, 0.15) is 25.1 Å². The van der Waals surface area contributed by atoms with Crippen molar-refractivity contribution in [2.75, 3.05) is 69.6 Å². The van der Waals surface area contributed by atoms with Crippen LogP contribution in [0.15, 0.2) is 18.2 Å². The Labute approximate surface area is 219 Å². The number of aromatic nitrogens is 5. The van der Waals surface area contributed by atoms with Crippen molar-refractivity contribution >= 4 is 33.0 Å². The van der Waals surface area contributed by atoms with Crippen molar-refractivity contribution in [3.8, 4) is 11.7 Å². The first-order valence-corrected chi connectivity index (χ1v) is 14.1. The Balaban J connectivity index is 1.64. The monoisotopic (exact) mass is 552 g/mol. The summed E-state index contributed by atoms with van der Waals surface area (Å²) in [6, 6.07) is 4.79. The van der Waals surface area contributed by atoms with Gasteiger partial charge in [0, 0.05) is 39.3 Å². The van der Waals surface area contributed by atoms with Crippen LogP contribution < -0.4 is 14.5 Å². The summed E-state index contributed by atoms with van der Waals surface area (Å²) in [4.78, 5) is 21.8. The molecule has 2 saturated heterocycles. The molecule has 0 radical (unpaired) electrons. The van der Waals surface area contributed by atoms with Crippen LogP contribution >= 0.6 is 0 Å². The van der Waals surface area contributed by atoms with Gasteiger partial charge in [-0.1, -0.05) is 6.07 Å². The molecule has 0 N–H and O–H groups in total. The highest BCUT2D eigenvalue weighted by molar-refractivity contribution is 7.88. The molecule has 0 unspecified atom stereocenters. The predicted octanol–water partition coefficient (Wildman–Crippen LogP) is 1.85. The molecular weight excluding hydrogens is 522 g/mol. The molecule has 1 aromatic carbocycles. The van der Waals surface area contributed by atoms with Crippen LogP contribution in [0.3, 0.4) is 0 Å². The highest BCUT2D eigenvalue weighted by atomic mass is 32.2. The van der Waals surface area contributed by atoms with E-state index in [2.05, 4.69) is 19.9 Å². The van der Waals surface area contributed by atoms with E-state index in [0.29, 0.717) is 56.5 Å². The number of piperidine rings is 1. The molecule has 0 amide bonds. The first-order chi connectivity index (χ1) is 18.2. The molecule has 2 fully saturated rings. The van der Waals surface area contributed by atoms with Gasteiger partial charge < -0.3 is 19.3 Å². The lowest BCUT2D eigenvalue weighted by Gasteiger charge is -2.36. The van der Waals surface area contributed by atoms with Crippen LogP contribution in [-0.4, -0.2) is 103 Å². The standard InChI is InChI=1S/C23H30F2N8O4S/c1-30(15-6-5-9-32(14-15)38(3,34)35)21-27-22(31-10-12-37-13-11-31)29-23(28-21)33-16-7-4-8-17(36-2)18(16)26-20(33)19(24)25/h4,7-8,15,19H,5-6,9-14H2,1-3H3/t15-/m1/s1. The fourth-order valence-electron chi connectivity index (χ4n) is 4.82. The third-order valence-corrected chi connectivity index (χ3v) is 8.14. The van der Waals surface area contributed by atoms with Gasteiger partial charge in [-0.25, -0.2) is 26.5 Å². The predicted molar refractivity (Wildman–Crippen MR) is 137 cm³/mol. The molecule has 0 bridgehead atoms. The quantitative estimate of drug-likeness (QED) is 0.430. The molecular formula is C23H30F2N8O4S. The highest BCUT2D eigenvalue weighted by Gasteiger charge is 2.31. The third-order valence-electron chi connectivity index (χ3n) is 6.87. The summed E-state index contributed by atoms with van der Waals surface area (Å²) < 4.78 is 66.4. The molecule has 0 spiro atoms. The van der Waals surface area contributed by atoms with Gasteiger partial charge in [0.1, 0.15) is 11.3 Å². The van der Waals surface area contributed by atoms with Gasteiger partial charge in [-0.15, -0.1) is 0 Å². The summed E-state index contributed by atoms with van der Waals surface area (Å²) in [5.41, 5.74) is 0.637. The first-order valence-electron chi connectivity index (χ1n) is 12.3. The van der Waals surface area contributed by atoms with Crippen molar-refractivity contribution in [2.45, 2.75) is 25.3 Å². The first kappa shape index (κ1) is 26.4. The van der Waals surface area contributed by atoms with Crippen molar-refractivity contribution in [3.63, 3.8) is 0 Å². The Morgan fingerprint density at radius 1 is 1.11 bits per heavy atom. The van der Waals surface area contributed by atoms with Crippen LogP contribution in [-0.2, 0) is 14.8 Å². The minimum absolute atomic E-state index is 0.00910. The van der Waals surface area contributed by atoms with Gasteiger partial charge in [-0.3, -0.25) is 4.57 Å². The SMILES string of the molecule is COc1cccc2c1nc(C(F)F)n2-c1nc(N2CCOCC2)nc(N(C)[C@@H]2CCCN(S(C)(=O)=O)C2)n1. The number of sulfonamides is 1. The molecule has 0 saturated carbocycles. The molecule has 4 heterocycles. The molecule has 0 aliphatic carbocycles. The van der Waals surface area contributed by atoms with E-state index in [-0.39, 0.29) is 30.0 Å². The summed E-state index contributed by atoms with van der Waals surface area (Å²) >= 11 is 0. The molecule has 2 aliphatic rings. The average Bonchev–Trinajstić information content (AvgIpc) is 3.33. The number of halogens is 2. The summed E-state index contributed by atoms with van der Waals surface area (Å²) in [6.07, 6.45) is -0.308. The van der Waals surface area contributed by atoms with E-state index in [1.807, 2.05) is 4.90 Å². The van der Waals surface area contributed by atoms with E-state index in [1.54, 1.807) is 30.1 Å². The molecule has 1 atom stereocenters. The minimum Gasteiger partial charge on any atom is -0.494 e. The molecule has 2 aromatic heterocycles. The molecule has 12 nitrogen and oxygen atoms in total. The summed E-state index contributed by atoms with van der Waals surface area (Å²) in [5, 5.41) is 0. The summed E-state index contributed by atoms with van der Waals surface area (Å²) in [6.45, 7) is 2.73. The summed E-state index contributed by atoms with van der Waals surface area (Å²) in [5.74, 6) is 0.400. The molecule has 206 valence electrons. The zero-order valence-electron chi connectivity index (χ0n) is 21.4. The van der Waals surface area contributed by atoms with Gasteiger partial charge in [0.05, 0.1) is 32.1 Å². The van der Waals surface area contributed by atoms with Crippen molar-refractivity contribution in [3.05, 3.63) is 24.0 Å². The second-order valence-corrected chi connectivity index (χ2v) is 11.3. The Kier molecular flexibility index (Phi) is 7.33. The smallest absolute Gasteiger partial charge is 0.296 e. The van der Waals surface area contributed by atoms with Gasteiger partial charge >= 0.3 is 0 Å². The Hall–Kier alpha value is -3.17. The summed E-state index contributed by atoms with van der Waals surface area (Å²) in [7, 11) is -0.136. The van der Waals surface area contributed by atoms with Crippen molar-refractivity contribution in [1.82, 2.24) is 28.8 Å². The molecule has 38 heavy (non-hydrogen) atoms. The number of ether oxygens (including phenoxy) is 2. The number of likely N-dealkylation sites (N-methyl/N-ethyl adjacent to an activating group) is 1. The second-order valence-electron chi connectivity index (χ2n) is 9.30. The van der Waals surface area contributed by atoms with Crippen LogP contribution in [0.4, 0.5) is 20.7 Å². The minimum atomic E-state index is -3.37. The Morgan fingerprint density at radius 3 is 2.53 bits per heavy atom. The van der Waals surface area contributed by atoms with Gasteiger partial charge in [-0.2, -0.15) is 15.0 Å². The normalized spacial score (nSPS) is 19.3. The van der Waals surface area contributed by atoms with Crippen LogP contribution in [0.25, 0.3) is 17.0 Å². The fraction of sp³-hybridized carbons (Fsp3) is 0.565. The maximum atomic E-state index is 14.3.